The van der Waals surface area contributed by atoms with Crippen molar-refractivity contribution in [3.8, 4) is 0 Å². The summed E-state index contributed by atoms with van der Waals surface area (Å²) in [5.41, 5.74) is 0.959. The lowest BCUT2D eigenvalue weighted by atomic mass is 10.2. The topological polar surface area (TPSA) is 20.3 Å². The standard InChI is InChI=1S/C11H12ClNO/c12-8-10-6-7-11(14)13(10)9-4-2-1-3-5-9/h1-5,10H,6-8H2. The first-order valence-electron chi connectivity index (χ1n) is 4.76. The number of carbonyl (C=O) groups excluding carboxylic acids is 1. The zero-order valence-corrected chi connectivity index (χ0v) is 8.57. The number of hydrogen-bond acceptors (Lipinski definition) is 1. The molecular formula is C11H12ClNO. The number of benzene rings is 1. The predicted octanol–water partition coefficient (Wildman–Crippen LogP) is 2.42. The summed E-state index contributed by atoms with van der Waals surface area (Å²) in [6, 6.07) is 9.88. The fraction of sp³-hybridized carbons (Fsp3) is 0.364. The minimum absolute atomic E-state index is 0.173. The second kappa shape index (κ2) is 4.01. The summed E-state index contributed by atoms with van der Waals surface area (Å²) >= 11 is 5.82. The van der Waals surface area contributed by atoms with Crippen molar-refractivity contribution in [3.05, 3.63) is 30.3 Å². The number of amides is 1. The molecule has 3 heteroatoms. The summed E-state index contributed by atoms with van der Waals surface area (Å²) in [6.45, 7) is 0. The SMILES string of the molecule is O=C1CCC(CCl)N1c1ccccc1. The molecular weight excluding hydrogens is 198 g/mol. The van der Waals surface area contributed by atoms with Crippen LogP contribution in [0.5, 0.6) is 0 Å². The number of nitrogens with zero attached hydrogens (tertiary/aromatic N) is 1. The van der Waals surface area contributed by atoms with Crippen LogP contribution in [0.2, 0.25) is 0 Å². The third kappa shape index (κ3) is 1.62. The minimum atomic E-state index is 0.173. The summed E-state index contributed by atoms with van der Waals surface area (Å²) in [6.07, 6.45) is 1.49. The van der Waals surface area contributed by atoms with E-state index in [1.807, 2.05) is 35.2 Å². The van der Waals surface area contributed by atoms with E-state index in [1.54, 1.807) is 0 Å². The van der Waals surface area contributed by atoms with Crippen molar-refractivity contribution in [1.82, 2.24) is 0 Å². The van der Waals surface area contributed by atoms with E-state index in [4.69, 9.17) is 11.6 Å². The van der Waals surface area contributed by atoms with E-state index >= 15 is 0 Å². The Balaban J connectivity index is 2.28. The fourth-order valence-electron chi connectivity index (χ4n) is 1.83. The lowest BCUT2D eigenvalue weighted by molar-refractivity contribution is -0.117. The van der Waals surface area contributed by atoms with Gasteiger partial charge in [-0.25, -0.2) is 0 Å². The van der Waals surface area contributed by atoms with Crippen molar-refractivity contribution in [2.24, 2.45) is 0 Å². The maximum absolute atomic E-state index is 11.6. The molecule has 1 aromatic rings. The molecule has 1 unspecified atom stereocenters. The third-order valence-corrected chi connectivity index (χ3v) is 2.89. The Morgan fingerprint density at radius 2 is 2.07 bits per heavy atom. The first-order valence-corrected chi connectivity index (χ1v) is 5.29. The van der Waals surface area contributed by atoms with Crippen LogP contribution in [0.1, 0.15) is 12.8 Å². The average Bonchev–Trinajstić information content (AvgIpc) is 2.61. The van der Waals surface area contributed by atoms with Crippen molar-refractivity contribution >= 4 is 23.2 Å². The molecule has 0 spiro atoms. The molecule has 0 bridgehead atoms. The number of rotatable bonds is 2. The molecule has 0 saturated carbocycles. The van der Waals surface area contributed by atoms with E-state index in [9.17, 15) is 4.79 Å². The summed E-state index contributed by atoms with van der Waals surface area (Å²) < 4.78 is 0. The number of carbonyl (C=O) groups is 1. The smallest absolute Gasteiger partial charge is 0.227 e. The zero-order valence-electron chi connectivity index (χ0n) is 7.82. The van der Waals surface area contributed by atoms with Gasteiger partial charge in [-0.3, -0.25) is 4.79 Å². The van der Waals surface area contributed by atoms with Gasteiger partial charge in [-0.15, -0.1) is 11.6 Å². The molecule has 1 atom stereocenters. The van der Waals surface area contributed by atoms with Gasteiger partial charge in [0.2, 0.25) is 5.91 Å². The first-order chi connectivity index (χ1) is 6.83. The Labute approximate surface area is 88.5 Å². The molecule has 1 aliphatic heterocycles. The van der Waals surface area contributed by atoms with Crippen molar-refractivity contribution in [3.63, 3.8) is 0 Å². The van der Waals surface area contributed by atoms with Crippen molar-refractivity contribution in [1.29, 1.82) is 0 Å². The lowest BCUT2D eigenvalue weighted by Crippen LogP contribution is -2.33. The van der Waals surface area contributed by atoms with Crippen LogP contribution >= 0.6 is 11.6 Å². The molecule has 1 amide bonds. The second-order valence-electron chi connectivity index (χ2n) is 3.45. The van der Waals surface area contributed by atoms with Crippen LogP contribution in [0.25, 0.3) is 0 Å². The third-order valence-electron chi connectivity index (χ3n) is 2.54. The number of anilines is 1. The lowest BCUT2D eigenvalue weighted by Gasteiger charge is -2.22. The van der Waals surface area contributed by atoms with Crippen LogP contribution < -0.4 is 4.90 Å². The Morgan fingerprint density at radius 3 is 2.71 bits per heavy atom. The van der Waals surface area contributed by atoms with Crippen molar-refractivity contribution in [2.75, 3.05) is 10.8 Å². The molecule has 0 aliphatic carbocycles. The van der Waals surface area contributed by atoms with Gasteiger partial charge in [-0.1, -0.05) is 18.2 Å². The van der Waals surface area contributed by atoms with Gasteiger partial charge in [-0.05, 0) is 18.6 Å². The predicted molar refractivity (Wildman–Crippen MR) is 57.7 cm³/mol. The van der Waals surface area contributed by atoms with Crippen LogP contribution in [-0.4, -0.2) is 17.8 Å². The van der Waals surface area contributed by atoms with E-state index in [2.05, 4.69) is 0 Å². The molecule has 2 rings (SSSR count). The molecule has 0 aromatic heterocycles. The molecule has 74 valence electrons. The maximum atomic E-state index is 11.6. The molecule has 1 aliphatic rings. The second-order valence-corrected chi connectivity index (χ2v) is 3.75. The molecule has 1 saturated heterocycles. The quantitative estimate of drug-likeness (QED) is 0.686. The van der Waals surface area contributed by atoms with Gasteiger partial charge < -0.3 is 4.90 Å². The number of hydrogen-bond donors (Lipinski definition) is 0. The Hall–Kier alpha value is -1.02. The normalized spacial score (nSPS) is 21.6. The van der Waals surface area contributed by atoms with E-state index in [0.29, 0.717) is 12.3 Å². The van der Waals surface area contributed by atoms with E-state index in [1.165, 1.54) is 0 Å². The molecule has 0 radical (unpaired) electrons. The molecule has 1 heterocycles. The van der Waals surface area contributed by atoms with Crippen LogP contribution in [0.15, 0.2) is 30.3 Å². The monoisotopic (exact) mass is 209 g/mol. The van der Waals surface area contributed by atoms with Crippen LogP contribution in [0, 0.1) is 0 Å². The van der Waals surface area contributed by atoms with Crippen LogP contribution in [-0.2, 0) is 4.79 Å². The summed E-state index contributed by atoms with van der Waals surface area (Å²) in [5.74, 6) is 0.697. The zero-order chi connectivity index (χ0) is 9.97. The van der Waals surface area contributed by atoms with E-state index < -0.39 is 0 Å². The van der Waals surface area contributed by atoms with Gasteiger partial charge in [0.05, 0.1) is 6.04 Å². The van der Waals surface area contributed by atoms with Gasteiger partial charge >= 0.3 is 0 Å². The minimum Gasteiger partial charge on any atom is -0.308 e. The molecule has 1 fully saturated rings. The van der Waals surface area contributed by atoms with Gasteiger partial charge in [0.25, 0.3) is 0 Å². The van der Waals surface area contributed by atoms with Gasteiger partial charge in [0.15, 0.2) is 0 Å². The Morgan fingerprint density at radius 1 is 1.36 bits per heavy atom. The summed E-state index contributed by atoms with van der Waals surface area (Å²) in [5, 5.41) is 0. The Bertz CT molecular complexity index is 325. The molecule has 2 nitrogen and oxygen atoms in total. The number of halogens is 1. The van der Waals surface area contributed by atoms with Crippen molar-refractivity contribution in [2.45, 2.75) is 18.9 Å². The van der Waals surface area contributed by atoms with Crippen LogP contribution in [0.4, 0.5) is 5.69 Å². The highest BCUT2D eigenvalue weighted by Gasteiger charge is 2.30. The van der Waals surface area contributed by atoms with Crippen LogP contribution in [0.3, 0.4) is 0 Å². The number of para-hydroxylation sites is 1. The fourth-order valence-corrected chi connectivity index (χ4v) is 2.13. The first kappa shape index (κ1) is 9.53. The highest BCUT2D eigenvalue weighted by molar-refractivity contribution is 6.19. The summed E-state index contributed by atoms with van der Waals surface area (Å²) in [7, 11) is 0. The number of alkyl halides is 1. The van der Waals surface area contributed by atoms with Gasteiger partial charge in [-0.2, -0.15) is 0 Å². The van der Waals surface area contributed by atoms with Crippen molar-refractivity contribution < 1.29 is 4.79 Å². The largest absolute Gasteiger partial charge is 0.308 e. The van der Waals surface area contributed by atoms with Gasteiger partial charge in [0.1, 0.15) is 0 Å². The Kier molecular flexibility index (Phi) is 2.73. The maximum Gasteiger partial charge on any atom is 0.227 e. The highest BCUT2D eigenvalue weighted by atomic mass is 35.5. The van der Waals surface area contributed by atoms with E-state index in [0.717, 1.165) is 12.1 Å². The molecule has 14 heavy (non-hydrogen) atoms. The average molecular weight is 210 g/mol. The van der Waals surface area contributed by atoms with Gasteiger partial charge in [0, 0.05) is 18.0 Å². The molecule has 1 aromatic carbocycles. The summed E-state index contributed by atoms with van der Waals surface area (Å²) in [4.78, 5) is 13.4. The highest BCUT2D eigenvalue weighted by Crippen LogP contribution is 2.26. The van der Waals surface area contributed by atoms with E-state index in [-0.39, 0.29) is 11.9 Å². The molecule has 0 N–H and O–H groups in total.